The third-order valence-corrected chi connectivity index (χ3v) is 1.56. The van der Waals surface area contributed by atoms with E-state index in [-0.39, 0.29) is 0 Å². The quantitative estimate of drug-likeness (QED) is 0.557. The van der Waals surface area contributed by atoms with Gasteiger partial charge in [0.1, 0.15) is 0 Å². The molecule has 0 fully saturated rings. The van der Waals surface area contributed by atoms with Crippen molar-refractivity contribution >= 4 is 16.6 Å². The zero-order valence-electron chi connectivity index (χ0n) is 5.63. The number of anilines is 1. The van der Waals surface area contributed by atoms with E-state index in [1.807, 2.05) is 0 Å². The largest absolute Gasteiger partial charge is 0.397 e. The van der Waals surface area contributed by atoms with Crippen LogP contribution in [0.1, 0.15) is 0 Å². The highest BCUT2D eigenvalue weighted by Crippen LogP contribution is 2.18. The number of nitrogens with one attached hydrogen (secondary N) is 1. The summed E-state index contributed by atoms with van der Waals surface area (Å²) in [6.07, 6.45) is 3.03. The molecule has 2 rings (SSSR count). The average Bonchev–Trinajstić information content (AvgIpc) is 2.32. The Hall–Kier alpha value is -1.58. The summed E-state index contributed by atoms with van der Waals surface area (Å²) in [5, 5.41) is 0.756. The molecule has 0 radical (unpaired) electrons. The molecule has 0 amide bonds. The molecule has 0 bridgehead atoms. The lowest BCUT2D eigenvalue weighted by Crippen LogP contribution is -1.83. The van der Waals surface area contributed by atoms with E-state index in [9.17, 15) is 4.39 Å². The van der Waals surface area contributed by atoms with Gasteiger partial charge in [0, 0.05) is 23.8 Å². The molecule has 0 aliphatic carbocycles. The smallest absolute Gasteiger partial charge is 0.214 e. The Labute approximate surface area is 62.0 Å². The summed E-state index contributed by atoms with van der Waals surface area (Å²) in [7, 11) is 0. The van der Waals surface area contributed by atoms with Gasteiger partial charge in [0.15, 0.2) is 0 Å². The lowest BCUT2D eigenvalue weighted by molar-refractivity contribution is 0.586. The first kappa shape index (κ1) is 6.15. The number of H-pyrrole nitrogens is 1. The molecule has 0 spiro atoms. The molecule has 0 aromatic carbocycles. The van der Waals surface area contributed by atoms with Crippen molar-refractivity contribution in [3.8, 4) is 0 Å². The number of aromatic amines is 1. The Balaban J connectivity index is 2.86. The predicted molar refractivity (Wildman–Crippen MR) is 40.5 cm³/mol. The van der Waals surface area contributed by atoms with E-state index in [1.54, 1.807) is 6.20 Å². The molecule has 3 N–H and O–H groups in total. The fraction of sp³-hybridized carbons (Fsp3) is 0. The van der Waals surface area contributed by atoms with Gasteiger partial charge in [-0.1, -0.05) is 0 Å². The Kier molecular flexibility index (Phi) is 1.09. The van der Waals surface area contributed by atoms with Crippen molar-refractivity contribution in [3.05, 3.63) is 24.4 Å². The molecule has 0 aliphatic heterocycles. The van der Waals surface area contributed by atoms with Crippen molar-refractivity contribution in [3.63, 3.8) is 0 Å². The van der Waals surface area contributed by atoms with Gasteiger partial charge in [-0.15, -0.1) is 0 Å². The van der Waals surface area contributed by atoms with Gasteiger partial charge >= 0.3 is 0 Å². The number of nitrogen functional groups attached to an aromatic ring is 1. The van der Waals surface area contributed by atoms with Crippen LogP contribution in [0.3, 0.4) is 0 Å². The molecule has 0 aliphatic rings. The SMILES string of the molecule is Nc1c[nH]c2cc(F)ncc12. The number of nitrogens with two attached hydrogens (primary N) is 1. The van der Waals surface area contributed by atoms with E-state index in [0.717, 1.165) is 5.39 Å². The minimum absolute atomic E-state index is 0.501. The van der Waals surface area contributed by atoms with Crippen LogP contribution in [0.15, 0.2) is 18.5 Å². The van der Waals surface area contributed by atoms with Gasteiger partial charge in [0.2, 0.25) is 5.95 Å². The van der Waals surface area contributed by atoms with E-state index in [0.29, 0.717) is 11.2 Å². The first-order chi connectivity index (χ1) is 5.27. The summed E-state index contributed by atoms with van der Waals surface area (Å²) >= 11 is 0. The topological polar surface area (TPSA) is 54.7 Å². The molecule has 0 unspecified atom stereocenters. The molecule has 2 heterocycles. The van der Waals surface area contributed by atoms with Crippen LogP contribution in [-0.2, 0) is 0 Å². The lowest BCUT2D eigenvalue weighted by atomic mass is 10.3. The fourth-order valence-corrected chi connectivity index (χ4v) is 1.01. The predicted octanol–water partition coefficient (Wildman–Crippen LogP) is 1.28. The van der Waals surface area contributed by atoms with E-state index in [2.05, 4.69) is 9.97 Å². The van der Waals surface area contributed by atoms with Crippen molar-refractivity contribution in [1.82, 2.24) is 9.97 Å². The zero-order chi connectivity index (χ0) is 7.84. The van der Waals surface area contributed by atoms with Crippen molar-refractivity contribution in [2.75, 3.05) is 5.73 Å². The van der Waals surface area contributed by atoms with Crippen molar-refractivity contribution < 1.29 is 4.39 Å². The lowest BCUT2D eigenvalue weighted by Gasteiger charge is -1.89. The maximum atomic E-state index is 12.5. The maximum absolute atomic E-state index is 12.5. The van der Waals surface area contributed by atoms with Crippen LogP contribution >= 0.6 is 0 Å². The van der Waals surface area contributed by atoms with Crippen LogP contribution in [-0.4, -0.2) is 9.97 Å². The van der Waals surface area contributed by atoms with Crippen LogP contribution in [0.4, 0.5) is 10.1 Å². The van der Waals surface area contributed by atoms with Crippen LogP contribution in [0, 0.1) is 5.95 Å². The summed E-state index contributed by atoms with van der Waals surface area (Å²) in [5.74, 6) is -0.501. The molecule has 0 saturated heterocycles. The van der Waals surface area contributed by atoms with Crippen molar-refractivity contribution in [1.29, 1.82) is 0 Å². The molecular formula is C7H6FN3. The highest BCUT2D eigenvalue weighted by Gasteiger charge is 2.00. The molecule has 0 saturated carbocycles. The first-order valence-corrected chi connectivity index (χ1v) is 3.15. The van der Waals surface area contributed by atoms with Gasteiger partial charge in [-0.05, 0) is 0 Å². The molecule has 0 atom stereocenters. The minimum Gasteiger partial charge on any atom is -0.397 e. The van der Waals surface area contributed by atoms with Crippen LogP contribution in [0.25, 0.3) is 10.9 Å². The fourth-order valence-electron chi connectivity index (χ4n) is 1.01. The van der Waals surface area contributed by atoms with Crippen LogP contribution < -0.4 is 5.73 Å². The summed E-state index contributed by atoms with van der Waals surface area (Å²) in [6.45, 7) is 0. The van der Waals surface area contributed by atoms with Gasteiger partial charge < -0.3 is 10.7 Å². The summed E-state index contributed by atoms with van der Waals surface area (Å²) in [4.78, 5) is 6.30. The highest BCUT2D eigenvalue weighted by molar-refractivity contribution is 5.90. The third kappa shape index (κ3) is 0.832. The highest BCUT2D eigenvalue weighted by atomic mass is 19.1. The van der Waals surface area contributed by atoms with Gasteiger partial charge in [-0.3, -0.25) is 0 Å². The monoisotopic (exact) mass is 151 g/mol. The Morgan fingerprint density at radius 1 is 1.55 bits per heavy atom. The second-order valence-electron chi connectivity index (χ2n) is 2.30. The molecule has 3 nitrogen and oxygen atoms in total. The summed E-state index contributed by atoms with van der Waals surface area (Å²) in [5.41, 5.74) is 6.80. The van der Waals surface area contributed by atoms with E-state index in [1.165, 1.54) is 12.3 Å². The summed E-state index contributed by atoms with van der Waals surface area (Å²) in [6, 6.07) is 1.31. The van der Waals surface area contributed by atoms with Crippen LogP contribution in [0.2, 0.25) is 0 Å². The van der Waals surface area contributed by atoms with Gasteiger partial charge in [0.05, 0.1) is 11.2 Å². The normalized spacial score (nSPS) is 10.6. The number of rotatable bonds is 0. The second-order valence-corrected chi connectivity index (χ2v) is 2.30. The Morgan fingerprint density at radius 2 is 2.36 bits per heavy atom. The van der Waals surface area contributed by atoms with Crippen LogP contribution in [0.5, 0.6) is 0 Å². The third-order valence-electron chi connectivity index (χ3n) is 1.56. The summed E-state index contributed by atoms with van der Waals surface area (Å²) < 4.78 is 12.5. The average molecular weight is 151 g/mol. The standard InChI is InChI=1S/C7H6FN3/c8-7-1-6-4(2-11-7)5(9)3-10-6/h1-3,10H,9H2. The number of aromatic nitrogens is 2. The van der Waals surface area contributed by atoms with Crippen molar-refractivity contribution in [2.45, 2.75) is 0 Å². The number of nitrogens with zero attached hydrogens (tertiary/aromatic N) is 1. The number of fused-ring (bicyclic) bond motifs is 1. The van der Waals surface area contributed by atoms with Gasteiger partial charge in [0.25, 0.3) is 0 Å². The minimum atomic E-state index is -0.501. The zero-order valence-corrected chi connectivity index (χ0v) is 5.63. The molecular weight excluding hydrogens is 145 g/mol. The van der Waals surface area contributed by atoms with E-state index in [4.69, 9.17) is 5.73 Å². The Morgan fingerprint density at radius 3 is 3.18 bits per heavy atom. The molecule has 2 aromatic heterocycles. The molecule has 11 heavy (non-hydrogen) atoms. The molecule has 2 aromatic rings. The molecule has 56 valence electrons. The second kappa shape index (κ2) is 1.95. The van der Waals surface area contributed by atoms with Gasteiger partial charge in [-0.2, -0.15) is 4.39 Å². The number of hydrogen-bond acceptors (Lipinski definition) is 2. The van der Waals surface area contributed by atoms with E-state index >= 15 is 0 Å². The maximum Gasteiger partial charge on any atom is 0.214 e. The van der Waals surface area contributed by atoms with Gasteiger partial charge in [-0.25, -0.2) is 4.98 Å². The molecule has 4 heteroatoms. The van der Waals surface area contributed by atoms with E-state index < -0.39 is 5.95 Å². The Bertz CT molecular complexity index is 393. The first-order valence-electron chi connectivity index (χ1n) is 3.15. The number of halogens is 1. The number of pyridine rings is 1. The van der Waals surface area contributed by atoms with Crippen molar-refractivity contribution in [2.24, 2.45) is 0 Å². The number of hydrogen-bond donors (Lipinski definition) is 2.